The molecule has 2 aromatic rings. The summed E-state index contributed by atoms with van der Waals surface area (Å²) in [4.78, 5) is 12.1. The van der Waals surface area contributed by atoms with Crippen molar-refractivity contribution in [2.24, 2.45) is 0 Å². The van der Waals surface area contributed by atoms with E-state index in [2.05, 4.69) is 33.5 Å². The van der Waals surface area contributed by atoms with E-state index in [1.165, 1.54) is 0 Å². The van der Waals surface area contributed by atoms with Gasteiger partial charge in [-0.2, -0.15) is 0 Å². The highest BCUT2D eigenvalue weighted by atomic mass is 79.9. The molecule has 2 aromatic carbocycles. The zero-order valence-corrected chi connectivity index (χ0v) is 13.1. The number of carbonyl (C=O) groups is 1. The minimum absolute atomic E-state index is 0.230. The van der Waals surface area contributed by atoms with Crippen LogP contribution in [0.2, 0.25) is 0 Å². The number of urea groups is 1. The number of amides is 2. The van der Waals surface area contributed by atoms with Crippen LogP contribution in [0.3, 0.4) is 0 Å². The van der Waals surface area contributed by atoms with Crippen molar-refractivity contribution in [1.82, 2.24) is 0 Å². The van der Waals surface area contributed by atoms with Gasteiger partial charge in [-0.25, -0.2) is 4.79 Å². The van der Waals surface area contributed by atoms with Crippen LogP contribution in [-0.2, 0) is 6.42 Å². The summed E-state index contributed by atoms with van der Waals surface area (Å²) >= 11 is 3.38. The lowest BCUT2D eigenvalue weighted by Gasteiger charge is -2.13. The molecule has 2 rings (SSSR count). The van der Waals surface area contributed by atoms with E-state index >= 15 is 0 Å². The molecule has 4 heteroatoms. The number of anilines is 2. The topological polar surface area (TPSA) is 41.1 Å². The summed E-state index contributed by atoms with van der Waals surface area (Å²) in [5.41, 5.74) is 3.84. The fourth-order valence-electron chi connectivity index (χ4n) is 2.04. The molecule has 0 aromatic heterocycles. The average Bonchev–Trinajstić information content (AvgIpc) is 2.41. The fourth-order valence-corrected chi connectivity index (χ4v) is 2.44. The largest absolute Gasteiger partial charge is 0.323 e. The van der Waals surface area contributed by atoms with Crippen molar-refractivity contribution in [3.8, 4) is 0 Å². The second-order valence-electron chi connectivity index (χ2n) is 4.55. The summed E-state index contributed by atoms with van der Waals surface area (Å²) in [7, 11) is 0. The molecule has 104 valence electrons. The van der Waals surface area contributed by atoms with E-state index in [1.54, 1.807) is 0 Å². The molecule has 0 bridgehead atoms. The van der Waals surface area contributed by atoms with Crippen molar-refractivity contribution < 1.29 is 4.79 Å². The van der Waals surface area contributed by atoms with E-state index in [9.17, 15) is 4.79 Å². The summed E-state index contributed by atoms with van der Waals surface area (Å²) in [6.45, 7) is 4.07. The summed E-state index contributed by atoms with van der Waals surface area (Å²) in [5.74, 6) is 0. The monoisotopic (exact) mass is 332 g/mol. The molecule has 0 radical (unpaired) electrons. The molecule has 0 unspecified atom stereocenters. The first kappa shape index (κ1) is 14.6. The molecule has 2 N–H and O–H groups in total. The minimum Gasteiger partial charge on any atom is -0.308 e. The summed E-state index contributed by atoms with van der Waals surface area (Å²) < 4.78 is 0.931. The Morgan fingerprint density at radius 3 is 2.60 bits per heavy atom. The van der Waals surface area contributed by atoms with Crippen LogP contribution in [0.1, 0.15) is 18.1 Å². The van der Waals surface area contributed by atoms with Gasteiger partial charge in [-0.15, -0.1) is 0 Å². The highest BCUT2D eigenvalue weighted by Gasteiger charge is 2.08. The first-order valence-electron chi connectivity index (χ1n) is 6.52. The van der Waals surface area contributed by atoms with Gasteiger partial charge in [0.05, 0.1) is 0 Å². The molecule has 0 heterocycles. The number of rotatable bonds is 3. The van der Waals surface area contributed by atoms with Gasteiger partial charge in [0.25, 0.3) is 0 Å². The normalized spacial score (nSPS) is 10.2. The Bertz CT molecular complexity index is 626. The van der Waals surface area contributed by atoms with Gasteiger partial charge in [-0.1, -0.05) is 47.1 Å². The summed E-state index contributed by atoms with van der Waals surface area (Å²) in [5, 5.41) is 5.76. The standard InChI is InChI=1S/C16H17BrN2O/c1-3-12-7-4-6-11(2)15(12)19-16(20)18-14-9-5-8-13(17)10-14/h4-10H,3H2,1-2H3,(H2,18,19,20). The molecule has 0 aliphatic heterocycles. The molecular weight excluding hydrogens is 316 g/mol. The average molecular weight is 333 g/mol. The van der Waals surface area contributed by atoms with Crippen molar-refractivity contribution in [3.05, 3.63) is 58.1 Å². The van der Waals surface area contributed by atoms with Gasteiger partial charge in [0.2, 0.25) is 0 Å². The molecule has 0 saturated heterocycles. The maximum Gasteiger partial charge on any atom is 0.323 e. The van der Waals surface area contributed by atoms with Crippen molar-refractivity contribution in [3.63, 3.8) is 0 Å². The quantitative estimate of drug-likeness (QED) is 0.819. The van der Waals surface area contributed by atoms with Gasteiger partial charge in [0.15, 0.2) is 0 Å². The third-order valence-electron chi connectivity index (χ3n) is 3.06. The molecule has 0 aliphatic rings. The first-order chi connectivity index (χ1) is 9.60. The Hall–Kier alpha value is -1.81. The molecule has 0 spiro atoms. The van der Waals surface area contributed by atoms with Gasteiger partial charge in [-0.3, -0.25) is 0 Å². The Balaban J connectivity index is 2.12. The summed E-state index contributed by atoms with van der Waals surface area (Å²) in [6.07, 6.45) is 0.883. The minimum atomic E-state index is -0.230. The number of aryl methyl sites for hydroxylation is 2. The molecular formula is C16H17BrN2O. The van der Waals surface area contributed by atoms with E-state index in [0.29, 0.717) is 0 Å². The van der Waals surface area contributed by atoms with Crippen molar-refractivity contribution in [2.75, 3.05) is 10.6 Å². The van der Waals surface area contributed by atoms with E-state index in [4.69, 9.17) is 0 Å². The second-order valence-corrected chi connectivity index (χ2v) is 5.47. The third-order valence-corrected chi connectivity index (χ3v) is 3.55. The lowest BCUT2D eigenvalue weighted by molar-refractivity contribution is 0.262. The van der Waals surface area contributed by atoms with E-state index in [1.807, 2.05) is 49.4 Å². The lowest BCUT2D eigenvalue weighted by Crippen LogP contribution is -2.20. The van der Waals surface area contributed by atoms with Crippen LogP contribution in [0.15, 0.2) is 46.9 Å². The van der Waals surface area contributed by atoms with E-state index < -0.39 is 0 Å². The van der Waals surface area contributed by atoms with Crippen LogP contribution in [-0.4, -0.2) is 6.03 Å². The number of hydrogen-bond acceptors (Lipinski definition) is 1. The molecule has 3 nitrogen and oxygen atoms in total. The van der Waals surface area contributed by atoms with Crippen molar-refractivity contribution in [2.45, 2.75) is 20.3 Å². The van der Waals surface area contributed by atoms with Gasteiger partial charge >= 0.3 is 6.03 Å². The number of carbonyl (C=O) groups excluding carboxylic acids is 1. The Morgan fingerprint density at radius 1 is 1.15 bits per heavy atom. The zero-order chi connectivity index (χ0) is 14.5. The number of benzene rings is 2. The number of hydrogen-bond donors (Lipinski definition) is 2. The van der Waals surface area contributed by atoms with Crippen LogP contribution in [0, 0.1) is 6.92 Å². The van der Waals surface area contributed by atoms with Gasteiger partial charge in [0, 0.05) is 15.8 Å². The molecule has 2 amide bonds. The predicted octanol–water partition coefficient (Wildman–Crippen LogP) is 4.96. The van der Waals surface area contributed by atoms with Crippen LogP contribution >= 0.6 is 15.9 Å². The highest BCUT2D eigenvalue weighted by molar-refractivity contribution is 9.10. The highest BCUT2D eigenvalue weighted by Crippen LogP contribution is 2.22. The fraction of sp³-hybridized carbons (Fsp3) is 0.188. The van der Waals surface area contributed by atoms with Crippen LogP contribution in [0.4, 0.5) is 16.2 Å². The van der Waals surface area contributed by atoms with Gasteiger partial charge in [-0.05, 0) is 42.7 Å². The molecule has 0 aliphatic carbocycles. The second kappa shape index (κ2) is 6.57. The van der Waals surface area contributed by atoms with Crippen molar-refractivity contribution in [1.29, 1.82) is 0 Å². The maximum absolute atomic E-state index is 12.1. The number of nitrogens with one attached hydrogen (secondary N) is 2. The Kier molecular flexibility index (Phi) is 4.79. The smallest absolute Gasteiger partial charge is 0.308 e. The Morgan fingerprint density at radius 2 is 1.90 bits per heavy atom. The van der Waals surface area contributed by atoms with Crippen LogP contribution in [0.5, 0.6) is 0 Å². The summed E-state index contributed by atoms with van der Waals surface area (Å²) in [6, 6.07) is 13.3. The lowest BCUT2D eigenvalue weighted by atomic mass is 10.1. The number of halogens is 1. The molecule has 0 fully saturated rings. The van der Waals surface area contributed by atoms with Crippen LogP contribution < -0.4 is 10.6 Å². The van der Waals surface area contributed by atoms with Gasteiger partial charge in [0.1, 0.15) is 0 Å². The predicted molar refractivity (Wildman–Crippen MR) is 87.3 cm³/mol. The number of para-hydroxylation sites is 1. The third kappa shape index (κ3) is 3.61. The first-order valence-corrected chi connectivity index (χ1v) is 7.31. The zero-order valence-electron chi connectivity index (χ0n) is 11.5. The SMILES string of the molecule is CCc1cccc(C)c1NC(=O)Nc1cccc(Br)c1. The van der Waals surface area contributed by atoms with Crippen molar-refractivity contribution >= 4 is 33.3 Å². The molecule has 0 atom stereocenters. The Labute approximate surface area is 127 Å². The van der Waals surface area contributed by atoms with Gasteiger partial charge < -0.3 is 10.6 Å². The molecule has 20 heavy (non-hydrogen) atoms. The van der Waals surface area contributed by atoms with E-state index in [0.717, 1.165) is 33.4 Å². The van der Waals surface area contributed by atoms with Crippen LogP contribution in [0.25, 0.3) is 0 Å². The maximum atomic E-state index is 12.1. The molecule has 0 saturated carbocycles. The van der Waals surface area contributed by atoms with E-state index in [-0.39, 0.29) is 6.03 Å².